The molecule has 2 aromatic rings. The number of piperazine rings is 1. The number of hydrogen-bond donors (Lipinski definition) is 0. The number of fused-ring (bicyclic) bond motifs is 1. The predicted molar refractivity (Wildman–Crippen MR) is 103 cm³/mol. The lowest BCUT2D eigenvalue weighted by molar-refractivity contribution is -0.143. The molecule has 1 aromatic carbocycles. The van der Waals surface area contributed by atoms with Gasteiger partial charge in [-0.15, -0.1) is 0 Å². The van der Waals surface area contributed by atoms with E-state index in [9.17, 15) is 9.59 Å². The zero-order valence-electron chi connectivity index (χ0n) is 15.1. The lowest BCUT2D eigenvalue weighted by Crippen LogP contribution is -2.53. The lowest BCUT2D eigenvalue weighted by atomic mass is 9.95. The Morgan fingerprint density at radius 2 is 2.00 bits per heavy atom. The van der Waals surface area contributed by atoms with E-state index in [1.807, 2.05) is 28.9 Å². The van der Waals surface area contributed by atoms with E-state index in [2.05, 4.69) is 21.4 Å². The first-order chi connectivity index (χ1) is 12.7. The van der Waals surface area contributed by atoms with Gasteiger partial charge in [-0.1, -0.05) is 12.1 Å². The van der Waals surface area contributed by atoms with Crippen LogP contribution in [0.25, 0.3) is 10.1 Å². The Kier molecular flexibility index (Phi) is 4.80. The van der Waals surface area contributed by atoms with E-state index in [0.29, 0.717) is 25.9 Å². The highest BCUT2D eigenvalue weighted by molar-refractivity contribution is 7.13. The summed E-state index contributed by atoms with van der Waals surface area (Å²) in [6.45, 7) is 6.30. The summed E-state index contributed by atoms with van der Waals surface area (Å²) < 4.78 is 5.83. The molecule has 2 saturated heterocycles. The Hall–Kier alpha value is -2.15. The van der Waals surface area contributed by atoms with E-state index in [0.717, 1.165) is 32.0 Å². The Bertz CT molecular complexity index is 813. The number of hydrogen-bond acceptors (Lipinski definition) is 5. The van der Waals surface area contributed by atoms with Gasteiger partial charge in [-0.2, -0.15) is 4.37 Å². The molecule has 7 heteroatoms. The van der Waals surface area contributed by atoms with Gasteiger partial charge in [0.25, 0.3) is 0 Å². The second kappa shape index (κ2) is 7.23. The summed E-state index contributed by atoms with van der Waals surface area (Å²) >= 11 is 1.53. The van der Waals surface area contributed by atoms with Crippen LogP contribution in [0.3, 0.4) is 0 Å². The molecule has 2 fully saturated rings. The van der Waals surface area contributed by atoms with Crippen molar-refractivity contribution >= 4 is 39.3 Å². The van der Waals surface area contributed by atoms with E-state index < -0.39 is 0 Å². The van der Waals surface area contributed by atoms with Crippen molar-refractivity contribution in [3.8, 4) is 0 Å². The molecule has 0 N–H and O–H groups in total. The van der Waals surface area contributed by atoms with Crippen molar-refractivity contribution in [2.45, 2.75) is 19.8 Å². The number of rotatable bonds is 3. The molecule has 0 saturated carbocycles. The molecular formula is C19H24N4O2S. The summed E-state index contributed by atoms with van der Waals surface area (Å²) in [5.41, 5.74) is 0. The van der Waals surface area contributed by atoms with Gasteiger partial charge in [0, 0.05) is 51.1 Å². The summed E-state index contributed by atoms with van der Waals surface area (Å²) in [6, 6.07) is 8.30. The molecule has 0 unspecified atom stereocenters. The van der Waals surface area contributed by atoms with Crippen molar-refractivity contribution in [1.29, 1.82) is 0 Å². The SMILES string of the molecule is CCN1C[C@@H](C(=O)N2CCN(c3nsc4ccccc34)CC2)CCC1=O. The maximum Gasteiger partial charge on any atom is 0.227 e. The maximum absolute atomic E-state index is 12.9. The maximum atomic E-state index is 12.9. The fourth-order valence-corrected chi connectivity index (χ4v) is 4.72. The molecule has 0 bridgehead atoms. The highest BCUT2D eigenvalue weighted by Crippen LogP contribution is 2.30. The molecule has 1 aromatic heterocycles. The second-order valence-corrected chi connectivity index (χ2v) is 7.79. The van der Waals surface area contributed by atoms with Crippen molar-refractivity contribution in [3.05, 3.63) is 24.3 Å². The molecule has 0 aliphatic carbocycles. The average Bonchev–Trinajstić information content (AvgIpc) is 3.12. The summed E-state index contributed by atoms with van der Waals surface area (Å²) in [5.74, 6) is 1.38. The topological polar surface area (TPSA) is 56.8 Å². The van der Waals surface area contributed by atoms with Crippen LogP contribution in [-0.4, -0.2) is 65.3 Å². The number of amides is 2. The van der Waals surface area contributed by atoms with Crippen molar-refractivity contribution in [3.63, 3.8) is 0 Å². The van der Waals surface area contributed by atoms with Crippen LogP contribution in [0.1, 0.15) is 19.8 Å². The molecule has 4 rings (SSSR count). The number of benzene rings is 1. The monoisotopic (exact) mass is 372 g/mol. The molecule has 2 aliphatic rings. The predicted octanol–water partition coefficient (Wildman–Crippen LogP) is 2.20. The minimum atomic E-state index is -0.0423. The van der Waals surface area contributed by atoms with E-state index in [1.165, 1.54) is 21.6 Å². The zero-order chi connectivity index (χ0) is 18.1. The lowest BCUT2D eigenvalue weighted by Gasteiger charge is -2.39. The first kappa shape index (κ1) is 17.3. The summed E-state index contributed by atoms with van der Waals surface area (Å²) in [7, 11) is 0. The van der Waals surface area contributed by atoms with Crippen LogP contribution in [0.15, 0.2) is 24.3 Å². The standard InChI is InChI=1S/C19H24N4O2S/c1-2-21-13-14(7-8-17(21)24)19(25)23-11-9-22(10-12-23)18-15-5-3-4-6-16(15)26-20-18/h3-6,14H,2,7-13H2,1H3/t14-/m0/s1. The molecule has 3 heterocycles. The second-order valence-electron chi connectivity index (χ2n) is 6.98. The summed E-state index contributed by atoms with van der Waals surface area (Å²) in [6.07, 6.45) is 1.18. The van der Waals surface area contributed by atoms with Gasteiger partial charge >= 0.3 is 0 Å². The number of piperidine rings is 1. The number of carbonyl (C=O) groups excluding carboxylic acids is 2. The average molecular weight is 372 g/mol. The Labute approximate surface area is 157 Å². The highest BCUT2D eigenvalue weighted by atomic mass is 32.1. The highest BCUT2D eigenvalue weighted by Gasteiger charge is 2.33. The third-order valence-electron chi connectivity index (χ3n) is 5.48. The van der Waals surface area contributed by atoms with E-state index >= 15 is 0 Å². The van der Waals surface area contributed by atoms with E-state index in [-0.39, 0.29) is 17.7 Å². The van der Waals surface area contributed by atoms with Crippen molar-refractivity contribution in [2.75, 3.05) is 44.2 Å². The number of nitrogens with zero attached hydrogens (tertiary/aromatic N) is 4. The van der Waals surface area contributed by atoms with Crippen LogP contribution >= 0.6 is 11.5 Å². The zero-order valence-corrected chi connectivity index (χ0v) is 15.9. The Morgan fingerprint density at radius 3 is 2.77 bits per heavy atom. The van der Waals surface area contributed by atoms with Crippen molar-refractivity contribution < 1.29 is 9.59 Å². The van der Waals surface area contributed by atoms with Crippen LogP contribution < -0.4 is 4.90 Å². The van der Waals surface area contributed by atoms with Crippen LogP contribution in [0, 0.1) is 5.92 Å². The number of anilines is 1. The van der Waals surface area contributed by atoms with Crippen molar-refractivity contribution in [1.82, 2.24) is 14.2 Å². The van der Waals surface area contributed by atoms with Crippen LogP contribution in [0.5, 0.6) is 0 Å². The van der Waals surface area contributed by atoms with E-state index in [4.69, 9.17) is 0 Å². The molecule has 0 spiro atoms. The normalized spacial score (nSPS) is 21.5. The van der Waals surface area contributed by atoms with E-state index in [1.54, 1.807) is 0 Å². The molecule has 6 nitrogen and oxygen atoms in total. The van der Waals surface area contributed by atoms with Crippen LogP contribution in [0.2, 0.25) is 0 Å². The number of carbonyl (C=O) groups is 2. The third kappa shape index (κ3) is 3.16. The molecule has 138 valence electrons. The fraction of sp³-hybridized carbons (Fsp3) is 0.526. The summed E-state index contributed by atoms with van der Waals surface area (Å²) in [5, 5.41) is 1.20. The Balaban J connectivity index is 1.39. The minimum absolute atomic E-state index is 0.0423. The quantitative estimate of drug-likeness (QED) is 0.829. The minimum Gasteiger partial charge on any atom is -0.352 e. The van der Waals surface area contributed by atoms with Gasteiger partial charge in [0.1, 0.15) is 5.82 Å². The molecule has 2 aliphatic heterocycles. The molecule has 0 radical (unpaired) electrons. The van der Waals surface area contributed by atoms with Gasteiger partial charge < -0.3 is 14.7 Å². The molecule has 1 atom stereocenters. The largest absolute Gasteiger partial charge is 0.352 e. The number of likely N-dealkylation sites (tertiary alicyclic amines) is 1. The van der Waals surface area contributed by atoms with Gasteiger partial charge in [-0.05, 0) is 37.0 Å². The van der Waals surface area contributed by atoms with Gasteiger partial charge in [0.15, 0.2) is 0 Å². The van der Waals surface area contributed by atoms with Gasteiger partial charge in [-0.25, -0.2) is 0 Å². The smallest absolute Gasteiger partial charge is 0.227 e. The van der Waals surface area contributed by atoms with Gasteiger partial charge in [0.2, 0.25) is 11.8 Å². The molecular weight excluding hydrogens is 348 g/mol. The third-order valence-corrected chi connectivity index (χ3v) is 6.30. The van der Waals surface area contributed by atoms with Gasteiger partial charge in [0.05, 0.1) is 10.6 Å². The van der Waals surface area contributed by atoms with Gasteiger partial charge in [-0.3, -0.25) is 9.59 Å². The first-order valence-corrected chi connectivity index (χ1v) is 10.1. The summed E-state index contributed by atoms with van der Waals surface area (Å²) in [4.78, 5) is 30.8. The Morgan fingerprint density at radius 1 is 1.23 bits per heavy atom. The van der Waals surface area contributed by atoms with Crippen molar-refractivity contribution in [2.24, 2.45) is 5.92 Å². The van der Waals surface area contributed by atoms with Crippen LogP contribution in [0.4, 0.5) is 5.82 Å². The first-order valence-electron chi connectivity index (χ1n) is 9.33. The van der Waals surface area contributed by atoms with Crippen LogP contribution in [-0.2, 0) is 9.59 Å². The number of aromatic nitrogens is 1. The fourth-order valence-electron chi connectivity index (χ4n) is 3.92. The molecule has 26 heavy (non-hydrogen) atoms. The molecule has 2 amide bonds.